The van der Waals surface area contributed by atoms with E-state index < -0.39 is 41.5 Å². The Bertz CT molecular complexity index is 2120. The van der Waals surface area contributed by atoms with Gasteiger partial charge in [0.25, 0.3) is 0 Å². The minimum absolute atomic E-state index is 0.0467. The number of urea groups is 1. The van der Waals surface area contributed by atoms with E-state index in [1.807, 2.05) is 4.90 Å². The lowest BCUT2D eigenvalue weighted by Gasteiger charge is -2.39. The van der Waals surface area contributed by atoms with Gasteiger partial charge in [0, 0.05) is 62.8 Å². The fourth-order valence-corrected chi connectivity index (χ4v) is 5.95. The molecule has 0 spiro atoms. The number of methoxy groups -OCH3 is 1. The van der Waals surface area contributed by atoms with Crippen LogP contribution in [0, 0.1) is 28.9 Å². The van der Waals surface area contributed by atoms with Crippen molar-refractivity contribution in [3.63, 3.8) is 0 Å². The van der Waals surface area contributed by atoms with Gasteiger partial charge in [-0.05, 0) is 68.4 Å². The Balaban J connectivity index is 1.12. The molecule has 6 rings (SSSR count). The van der Waals surface area contributed by atoms with Crippen LogP contribution in [0.1, 0.15) is 19.4 Å². The summed E-state index contributed by atoms with van der Waals surface area (Å²) >= 11 is 0. The van der Waals surface area contributed by atoms with Crippen LogP contribution < -0.4 is 25.2 Å². The van der Waals surface area contributed by atoms with Crippen LogP contribution in [0.2, 0.25) is 0 Å². The molecular weight excluding hydrogens is 704 g/mol. The van der Waals surface area contributed by atoms with Crippen molar-refractivity contribution in [2.45, 2.75) is 19.9 Å². The first-order valence-electron chi connectivity index (χ1n) is 16.9. The molecule has 1 unspecified atom stereocenters. The Kier molecular flexibility index (Phi) is 10.8. The third kappa shape index (κ3) is 7.97. The summed E-state index contributed by atoms with van der Waals surface area (Å²) in [5.74, 6) is -3.04. The van der Waals surface area contributed by atoms with Crippen molar-refractivity contribution in [1.82, 2.24) is 19.8 Å². The maximum Gasteiger partial charge on any atom is 0.409 e. The number of nitriles is 1. The number of piperazine rings is 1. The lowest BCUT2D eigenvalue weighted by molar-refractivity contribution is -0.132. The average Bonchev–Trinajstić information content (AvgIpc) is 3.16. The number of carbonyl (C=O) groups excluding carboxylic acids is 4. The van der Waals surface area contributed by atoms with Gasteiger partial charge in [-0.2, -0.15) is 5.26 Å². The van der Waals surface area contributed by atoms with Crippen molar-refractivity contribution in [3.8, 4) is 17.6 Å². The van der Waals surface area contributed by atoms with E-state index in [0.717, 1.165) is 23.1 Å². The second kappa shape index (κ2) is 15.8. The molecule has 17 heteroatoms. The number of imide groups is 1. The number of benzene rings is 2. The quantitative estimate of drug-likeness (QED) is 0.208. The molecule has 0 aliphatic carbocycles. The van der Waals surface area contributed by atoms with E-state index in [1.54, 1.807) is 30.9 Å². The molecule has 2 aliphatic heterocycles. The zero-order valence-corrected chi connectivity index (χ0v) is 29.5. The van der Waals surface area contributed by atoms with Crippen molar-refractivity contribution in [1.29, 1.82) is 5.26 Å². The number of nitrogens with zero attached hydrogens (tertiary/aromatic N) is 7. The summed E-state index contributed by atoms with van der Waals surface area (Å²) < 4.78 is 39.5. The summed E-state index contributed by atoms with van der Waals surface area (Å²) in [6, 6.07) is 15.9. The Hall–Kier alpha value is -6.83. The summed E-state index contributed by atoms with van der Waals surface area (Å²) in [6.07, 6.45) is 1.03. The summed E-state index contributed by atoms with van der Waals surface area (Å²) in [6.45, 7) is 4.97. The summed E-state index contributed by atoms with van der Waals surface area (Å²) in [7, 11) is 1.32. The molecule has 2 N–H and O–H groups in total. The van der Waals surface area contributed by atoms with Gasteiger partial charge in [-0.25, -0.2) is 33.2 Å². The SMILES string of the molecule is COC(=O)N1CCN(c2nc(Nc3cc(Oc4ccc(NC(=O)C5CN(C(C)C)C(=O)N(c6ccc(F)cc6)C5=O)cc4F)ccn3)ccc2C#N)CC1. The van der Waals surface area contributed by atoms with Crippen molar-refractivity contribution in [2.75, 3.05) is 60.3 Å². The van der Waals surface area contributed by atoms with Gasteiger partial charge in [0.1, 0.15) is 41.0 Å². The van der Waals surface area contributed by atoms with Crippen molar-refractivity contribution in [2.24, 2.45) is 5.92 Å². The number of hydrogen-bond acceptors (Lipinski definition) is 11. The molecule has 4 aromatic rings. The fraction of sp³-hybridized carbons (Fsp3) is 0.270. The zero-order valence-electron chi connectivity index (χ0n) is 29.5. The van der Waals surface area contributed by atoms with E-state index in [0.29, 0.717) is 49.2 Å². The van der Waals surface area contributed by atoms with Crippen LogP contribution in [0.25, 0.3) is 0 Å². The number of hydrogen-bond donors (Lipinski definition) is 2. The predicted molar refractivity (Wildman–Crippen MR) is 192 cm³/mol. The third-order valence-corrected chi connectivity index (χ3v) is 8.78. The Morgan fingerprint density at radius 3 is 2.37 bits per heavy atom. The first-order chi connectivity index (χ1) is 25.9. The molecule has 1 atom stereocenters. The van der Waals surface area contributed by atoms with Crippen LogP contribution in [-0.4, -0.2) is 89.6 Å². The number of ether oxygens (including phenoxy) is 2. The lowest BCUT2D eigenvalue weighted by atomic mass is 10.0. The van der Waals surface area contributed by atoms with Crippen LogP contribution in [0.3, 0.4) is 0 Å². The number of nitrogens with one attached hydrogen (secondary N) is 2. The molecule has 5 amide bonds. The van der Waals surface area contributed by atoms with Gasteiger partial charge >= 0.3 is 12.1 Å². The third-order valence-electron chi connectivity index (χ3n) is 8.78. The molecule has 2 saturated heterocycles. The smallest absolute Gasteiger partial charge is 0.409 e. The van der Waals surface area contributed by atoms with Gasteiger partial charge in [0.2, 0.25) is 11.8 Å². The van der Waals surface area contributed by atoms with E-state index in [4.69, 9.17) is 9.47 Å². The highest BCUT2D eigenvalue weighted by Crippen LogP contribution is 2.31. The molecule has 2 aliphatic rings. The van der Waals surface area contributed by atoms with Crippen LogP contribution in [0.4, 0.5) is 47.2 Å². The highest BCUT2D eigenvalue weighted by Gasteiger charge is 2.44. The highest BCUT2D eigenvalue weighted by atomic mass is 19.1. The maximum atomic E-state index is 15.3. The topological polar surface area (TPSA) is 173 Å². The average molecular weight is 740 g/mol. The predicted octanol–water partition coefficient (Wildman–Crippen LogP) is 5.48. The second-order valence-corrected chi connectivity index (χ2v) is 12.6. The molecule has 2 aromatic heterocycles. The molecular formula is C37H35F2N9O6. The molecule has 15 nitrogen and oxygen atoms in total. The summed E-state index contributed by atoms with van der Waals surface area (Å²) in [5.41, 5.74) is 0.518. The van der Waals surface area contributed by atoms with Crippen molar-refractivity contribution in [3.05, 3.63) is 90.1 Å². The highest BCUT2D eigenvalue weighted by molar-refractivity contribution is 6.23. The molecule has 2 fully saturated rings. The largest absolute Gasteiger partial charge is 0.454 e. The van der Waals surface area contributed by atoms with E-state index in [9.17, 15) is 28.8 Å². The van der Waals surface area contributed by atoms with Crippen LogP contribution >= 0.6 is 0 Å². The van der Waals surface area contributed by atoms with E-state index >= 15 is 4.39 Å². The molecule has 0 radical (unpaired) electrons. The number of carbonyl (C=O) groups is 4. The second-order valence-electron chi connectivity index (χ2n) is 12.6. The van der Waals surface area contributed by atoms with Gasteiger partial charge in [-0.3, -0.25) is 9.59 Å². The van der Waals surface area contributed by atoms with Gasteiger partial charge in [0.15, 0.2) is 11.6 Å². The summed E-state index contributed by atoms with van der Waals surface area (Å²) in [4.78, 5) is 66.5. The van der Waals surface area contributed by atoms with Gasteiger partial charge in [-0.15, -0.1) is 0 Å². The molecule has 54 heavy (non-hydrogen) atoms. The van der Waals surface area contributed by atoms with Crippen LogP contribution in [0.5, 0.6) is 11.5 Å². The number of pyridine rings is 2. The number of rotatable bonds is 9. The maximum absolute atomic E-state index is 15.3. The fourth-order valence-electron chi connectivity index (χ4n) is 5.95. The standard InChI is InChI=1S/C37H35F2N9O6/c1-22(2)47-21-28(35(50)48(36(47)51)26-8-5-24(38)6-9-26)34(49)42-25-7-10-30(29(39)18-25)54-27-12-13-41-32(19-27)43-31-11-4-23(20-40)33(44-31)45-14-16-46(17-15-45)37(52)53-3/h4-13,18-19,22,28H,14-17,21H2,1-3H3,(H,42,49)(H,41,43,44). The molecule has 2 aromatic carbocycles. The van der Waals surface area contributed by atoms with E-state index in [1.165, 1.54) is 54.6 Å². The first kappa shape index (κ1) is 36.9. The number of anilines is 5. The Labute approximate surface area is 308 Å². The Morgan fingerprint density at radius 1 is 0.963 bits per heavy atom. The van der Waals surface area contributed by atoms with E-state index in [2.05, 4.69) is 26.7 Å². The van der Waals surface area contributed by atoms with Gasteiger partial charge < -0.3 is 34.8 Å². The van der Waals surface area contributed by atoms with Crippen LogP contribution in [0.15, 0.2) is 72.9 Å². The number of aromatic nitrogens is 2. The molecule has 0 saturated carbocycles. The van der Waals surface area contributed by atoms with Gasteiger partial charge in [0.05, 0.1) is 18.4 Å². The number of amides is 5. The Morgan fingerprint density at radius 2 is 1.70 bits per heavy atom. The molecule has 278 valence electrons. The van der Waals surface area contributed by atoms with E-state index in [-0.39, 0.29) is 35.5 Å². The normalized spacial score (nSPS) is 15.9. The number of halogens is 2. The molecule has 4 heterocycles. The first-order valence-corrected chi connectivity index (χ1v) is 16.9. The van der Waals surface area contributed by atoms with Crippen molar-refractivity contribution >= 4 is 52.8 Å². The minimum Gasteiger partial charge on any atom is -0.454 e. The van der Waals surface area contributed by atoms with Crippen molar-refractivity contribution < 1.29 is 37.4 Å². The summed E-state index contributed by atoms with van der Waals surface area (Å²) in [5, 5.41) is 15.3. The van der Waals surface area contributed by atoms with Crippen LogP contribution in [-0.2, 0) is 14.3 Å². The zero-order chi connectivity index (χ0) is 38.5. The molecule has 0 bridgehead atoms. The monoisotopic (exact) mass is 739 g/mol. The van der Waals surface area contributed by atoms with Gasteiger partial charge in [-0.1, -0.05) is 0 Å². The lowest BCUT2D eigenvalue weighted by Crippen LogP contribution is -2.61. The minimum atomic E-state index is -1.32.